The highest BCUT2D eigenvalue weighted by atomic mass is 35.5. The van der Waals surface area contributed by atoms with Crippen molar-refractivity contribution in [2.75, 3.05) is 19.0 Å². The minimum atomic E-state index is -1.03. The molecule has 0 aliphatic carbocycles. The number of anilines is 1. The summed E-state index contributed by atoms with van der Waals surface area (Å²) in [6, 6.07) is 30.7. The minimum absolute atomic E-state index is 0.155. The summed E-state index contributed by atoms with van der Waals surface area (Å²) in [4.78, 5) is 22.9. The third-order valence-electron chi connectivity index (χ3n) is 6.09. The lowest BCUT2D eigenvalue weighted by Crippen LogP contribution is -2.13. The fourth-order valence-electron chi connectivity index (χ4n) is 4.44. The zero-order valence-corrected chi connectivity index (χ0v) is 20.6. The summed E-state index contributed by atoms with van der Waals surface area (Å²) in [5.41, 5.74) is 6.38. The van der Waals surface area contributed by atoms with Crippen LogP contribution in [-0.4, -0.2) is 35.1 Å². The van der Waals surface area contributed by atoms with E-state index in [1.54, 1.807) is 12.1 Å². The fourth-order valence-corrected chi connectivity index (χ4v) is 4.67. The van der Waals surface area contributed by atoms with Crippen molar-refractivity contribution in [1.29, 1.82) is 0 Å². The van der Waals surface area contributed by atoms with Crippen LogP contribution in [0.2, 0.25) is 5.02 Å². The molecule has 0 amide bonds. The number of H-pyrrole nitrogens is 1. The predicted octanol–water partition coefficient (Wildman–Crippen LogP) is 7.50. The van der Waals surface area contributed by atoms with Gasteiger partial charge in [-0.1, -0.05) is 90.5 Å². The highest BCUT2D eigenvalue weighted by Gasteiger charge is 2.26. The van der Waals surface area contributed by atoms with Crippen LogP contribution >= 0.6 is 11.6 Å². The van der Waals surface area contributed by atoms with E-state index in [0.717, 1.165) is 28.2 Å². The van der Waals surface area contributed by atoms with E-state index in [-0.39, 0.29) is 5.56 Å². The number of halogens is 1. The smallest absolute Gasteiger partial charge is 0.336 e. The van der Waals surface area contributed by atoms with Crippen molar-refractivity contribution in [3.63, 3.8) is 0 Å². The van der Waals surface area contributed by atoms with Crippen LogP contribution in [0.5, 0.6) is 0 Å². The van der Waals surface area contributed by atoms with E-state index in [1.807, 2.05) is 104 Å². The Morgan fingerprint density at radius 2 is 1.42 bits per heavy atom. The fraction of sp³-hybridized carbons (Fsp3) is 0.0667. The Labute approximate surface area is 214 Å². The number of benzene rings is 4. The molecule has 4 aromatic carbocycles. The second kappa shape index (κ2) is 9.72. The van der Waals surface area contributed by atoms with Gasteiger partial charge < -0.3 is 15.0 Å². The minimum Gasteiger partial charge on any atom is -0.478 e. The summed E-state index contributed by atoms with van der Waals surface area (Å²) >= 11 is 6.62. The molecule has 0 bridgehead atoms. The number of aromatic amines is 1. The molecule has 0 fully saturated rings. The van der Waals surface area contributed by atoms with Crippen LogP contribution < -0.4 is 4.90 Å². The Bertz CT molecular complexity index is 1490. The average molecular weight is 494 g/mol. The Morgan fingerprint density at radius 3 is 2.03 bits per heavy atom. The van der Waals surface area contributed by atoms with Crippen LogP contribution in [0.3, 0.4) is 0 Å². The first-order chi connectivity index (χ1) is 17.5. The molecule has 5 rings (SSSR count). The van der Waals surface area contributed by atoms with Gasteiger partial charge in [-0.25, -0.2) is 9.78 Å². The normalized spacial score (nSPS) is 10.9. The lowest BCUT2D eigenvalue weighted by Gasteiger charge is -2.21. The van der Waals surface area contributed by atoms with E-state index < -0.39 is 5.97 Å². The van der Waals surface area contributed by atoms with Gasteiger partial charge in [-0.2, -0.15) is 0 Å². The summed E-state index contributed by atoms with van der Waals surface area (Å²) in [5.74, 6) is -0.468. The first-order valence-corrected chi connectivity index (χ1v) is 11.9. The molecule has 0 unspecified atom stereocenters. The zero-order valence-electron chi connectivity index (χ0n) is 19.9. The Kier molecular flexibility index (Phi) is 6.32. The van der Waals surface area contributed by atoms with Gasteiger partial charge in [-0.3, -0.25) is 0 Å². The van der Waals surface area contributed by atoms with E-state index in [9.17, 15) is 9.90 Å². The predicted molar refractivity (Wildman–Crippen MR) is 147 cm³/mol. The number of carboxylic acids is 1. The van der Waals surface area contributed by atoms with Gasteiger partial charge in [0.25, 0.3) is 0 Å². The van der Waals surface area contributed by atoms with Crippen LogP contribution in [0.1, 0.15) is 10.4 Å². The maximum absolute atomic E-state index is 12.4. The number of carbonyl (C=O) groups is 1. The molecule has 2 N–H and O–H groups in total. The van der Waals surface area contributed by atoms with Gasteiger partial charge in [-0.15, -0.1) is 0 Å². The molecule has 0 atom stereocenters. The number of hydrogen-bond acceptors (Lipinski definition) is 3. The van der Waals surface area contributed by atoms with E-state index >= 15 is 0 Å². The third kappa shape index (κ3) is 4.25. The lowest BCUT2D eigenvalue weighted by molar-refractivity contribution is 0.0698. The molecule has 36 heavy (non-hydrogen) atoms. The number of carboxylic acid groups (broad SMARTS) is 1. The van der Waals surface area contributed by atoms with Crippen molar-refractivity contribution in [2.45, 2.75) is 0 Å². The maximum Gasteiger partial charge on any atom is 0.336 e. The molecule has 1 aromatic heterocycles. The van der Waals surface area contributed by atoms with Crippen LogP contribution in [0.25, 0.3) is 45.0 Å². The van der Waals surface area contributed by atoms with E-state index in [4.69, 9.17) is 16.6 Å². The molecule has 1 heterocycles. The standard InChI is InChI=1S/C30H24ClN3O2/c1-34(2)24-18-17-22(30(35)36)25(21-15-9-10-16-23(21)31)26(24)29-32-27(19-11-5-3-6-12-19)28(33-29)20-13-7-4-8-14-20/h3-18H,1-2H3,(H,32,33)(H,35,36). The van der Waals surface area contributed by atoms with Crippen LogP contribution in [-0.2, 0) is 0 Å². The van der Waals surface area contributed by atoms with Gasteiger partial charge in [0, 0.05) is 52.6 Å². The van der Waals surface area contributed by atoms with Gasteiger partial charge in [0.05, 0.1) is 17.0 Å². The van der Waals surface area contributed by atoms with Gasteiger partial charge in [0.1, 0.15) is 5.82 Å². The molecule has 178 valence electrons. The number of aromatic nitrogens is 2. The number of rotatable bonds is 6. The lowest BCUT2D eigenvalue weighted by atomic mass is 9.92. The third-order valence-corrected chi connectivity index (χ3v) is 6.42. The van der Waals surface area contributed by atoms with E-state index in [2.05, 4.69) is 4.98 Å². The van der Waals surface area contributed by atoms with Crippen molar-refractivity contribution in [1.82, 2.24) is 9.97 Å². The Morgan fingerprint density at radius 1 is 0.806 bits per heavy atom. The SMILES string of the molecule is CN(C)c1ccc(C(=O)O)c(-c2ccccc2Cl)c1-c1nc(-c2ccccc2)c(-c2ccccc2)[nH]1. The number of nitrogens with one attached hydrogen (secondary N) is 1. The molecule has 6 heteroatoms. The molecule has 0 saturated heterocycles. The Balaban J connectivity index is 1.88. The van der Waals surface area contributed by atoms with Gasteiger partial charge >= 0.3 is 5.97 Å². The molecule has 0 spiro atoms. The first kappa shape index (κ1) is 23.4. The molecule has 0 aliphatic heterocycles. The number of imidazole rings is 1. The summed E-state index contributed by atoms with van der Waals surface area (Å²) in [6.07, 6.45) is 0. The number of aromatic carboxylic acids is 1. The zero-order chi connectivity index (χ0) is 25.2. The van der Waals surface area contributed by atoms with Crippen molar-refractivity contribution < 1.29 is 9.90 Å². The molecular weight excluding hydrogens is 470 g/mol. The molecule has 0 saturated carbocycles. The topological polar surface area (TPSA) is 69.2 Å². The van der Waals surface area contributed by atoms with Crippen molar-refractivity contribution >= 4 is 23.3 Å². The monoisotopic (exact) mass is 493 g/mol. The highest BCUT2D eigenvalue weighted by Crippen LogP contribution is 2.44. The molecule has 0 aliphatic rings. The average Bonchev–Trinajstić information content (AvgIpc) is 3.34. The molecular formula is C30H24ClN3O2. The van der Waals surface area contributed by atoms with Crippen molar-refractivity contribution in [2.24, 2.45) is 0 Å². The van der Waals surface area contributed by atoms with Gasteiger partial charge in [0.2, 0.25) is 0 Å². The van der Waals surface area contributed by atoms with E-state index in [0.29, 0.717) is 27.5 Å². The summed E-state index contributed by atoms with van der Waals surface area (Å²) in [6.45, 7) is 0. The summed E-state index contributed by atoms with van der Waals surface area (Å²) < 4.78 is 0. The first-order valence-electron chi connectivity index (χ1n) is 11.5. The van der Waals surface area contributed by atoms with E-state index in [1.165, 1.54) is 0 Å². The summed E-state index contributed by atoms with van der Waals surface area (Å²) in [7, 11) is 3.85. The summed E-state index contributed by atoms with van der Waals surface area (Å²) in [5, 5.41) is 10.6. The van der Waals surface area contributed by atoms with Crippen LogP contribution in [0, 0.1) is 0 Å². The maximum atomic E-state index is 12.4. The number of hydrogen-bond donors (Lipinski definition) is 2. The molecule has 5 aromatic rings. The molecule has 5 nitrogen and oxygen atoms in total. The van der Waals surface area contributed by atoms with Gasteiger partial charge in [-0.05, 0) is 18.2 Å². The Hall–Kier alpha value is -4.35. The van der Waals surface area contributed by atoms with Crippen LogP contribution in [0.4, 0.5) is 5.69 Å². The molecule has 0 radical (unpaired) electrons. The second-order valence-electron chi connectivity index (χ2n) is 8.60. The quantitative estimate of drug-likeness (QED) is 0.257. The second-order valence-corrected chi connectivity index (χ2v) is 9.01. The highest BCUT2D eigenvalue weighted by molar-refractivity contribution is 6.34. The van der Waals surface area contributed by atoms with Crippen molar-refractivity contribution in [3.05, 3.63) is 108 Å². The van der Waals surface area contributed by atoms with Gasteiger partial charge in [0.15, 0.2) is 0 Å². The number of nitrogens with zero attached hydrogens (tertiary/aromatic N) is 2. The van der Waals surface area contributed by atoms with Crippen LogP contribution in [0.15, 0.2) is 97.1 Å². The largest absolute Gasteiger partial charge is 0.478 e. The van der Waals surface area contributed by atoms with Crippen molar-refractivity contribution in [3.8, 4) is 45.0 Å².